The molecule has 0 spiro atoms. The van der Waals surface area contributed by atoms with E-state index in [4.69, 9.17) is 11.6 Å². The molecule has 0 aliphatic heterocycles. The third-order valence-corrected chi connectivity index (χ3v) is 5.73. The molecule has 0 aliphatic rings. The van der Waals surface area contributed by atoms with Crippen molar-refractivity contribution in [3.63, 3.8) is 0 Å². The largest absolute Gasteiger partial charge is 0.355 e. The molecule has 2 rings (SSSR count). The molecule has 0 aliphatic carbocycles. The number of likely N-dealkylation sites (N-methyl/N-ethyl adjacent to an activating group) is 1. The first-order valence-corrected chi connectivity index (χ1v) is 11.0. The molecule has 0 heterocycles. The Hall–Kier alpha value is -1.98. The summed E-state index contributed by atoms with van der Waals surface area (Å²) in [5, 5.41) is 3.44. The lowest BCUT2D eigenvalue weighted by Gasteiger charge is -2.30. The third-order valence-electron chi connectivity index (χ3n) is 4.37. The van der Waals surface area contributed by atoms with E-state index in [1.165, 1.54) is 5.56 Å². The smallest absolute Gasteiger partial charge is 0.242 e. The summed E-state index contributed by atoms with van der Waals surface area (Å²) < 4.78 is 0. The van der Waals surface area contributed by atoms with Gasteiger partial charge < -0.3 is 10.2 Å². The maximum absolute atomic E-state index is 13.0. The van der Waals surface area contributed by atoms with Crippen molar-refractivity contribution in [2.24, 2.45) is 0 Å². The van der Waals surface area contributed by atoms with Gasteiger partial charge in [0.1, 0.15) is 6.04 Å². The van der Waals surface area contributed by atoms with E-state index in [9.17, 15) is 9.59 Å². The van der Waals surface area contributed by atoms with E-state index >= 15 is 0 Å². The molecule has 2 aromatic carbocycles. The van der Waals surface area contributed by atoms with Crippen molar-refractivity contribution in [2.75, 3.05) is 12.3 Å². The molecule has 1 atom stereocenters. The zero-order valence-electron chi connectivity index (χ0n) is 16.4. The summed E-state index contributed by atoms with van der Waals surface area (Å²) in [6.45, 7) is 4.65. The van der Waals surface area contributed by atoms with Gasteiger partial charge in [-0.05, 0) is 30.5 Å². The van der Waals surface area contributed by atoms with Gasteiger partial charge in [0.25, 0.3) is 0 Å². The Labute approximate surface area is 176 Å². The van der Waals surface area contributed by atoms with Crippen LogP contribution in [-0.4, -0.2) is 35.1 Å². The molecule has 4 nitrogen and oxygen atoms in total. The summed E-state index contributed by atoms with van der Waals surface area (Å²) in [5.41, 5.74) is 2.02. The lowest BCUT2D eigenvalue weighted by molar-refractivity contribution is -0.139. The number of halogens is 1. The van der Waals surface area contributed by atoms with E-state index in [2.05, 4.69) is 5.32 Å². The Kier molecular flexibility index (Phi) is 9.38. The molecule has 0 bridgehead atoms. The monoisotopic (exact) mass is 418 g/mol. The number of nitrogens with one attached hydrogen (secondary N) is 1. The molecule has 150 valence electrons. The van der Waals surface area contributed by atoms with Gasteiger partial charge in [0.15, 0.2) is 0 Å². The van der Waals surface area contributed by atoms with Gasteiger partial charge in [-0.1, -0.05) is 67.1 Å². The maximum Gasteiger partial charge on any atom is 0.242 e. The third kappa shape index (κ3) is 6.57. The van der Waals surface area contributed by atoms with Crippen LogP contribution in [0, 0.1) is 0 Å². The van der Waals surface area contributed by atoms with Gasteiger partial charge in [-0.15, -0.1) is 11.8 Å². The molecule has 2 amide bonds. The van der Waals surface area contributed by atoms with Gasteiger partial charge in [0, 0.05) is 23.9 Å². The second-order valence-corrected chi connectivity index (χ2v) is 7.80. The Morgan fingerprint density at radius 3 is 2.39 bits per heavy atom. The van der Waals surface area contributed by atoms with Gasteiger partial charge in [-0.2, -0.15) is 0 Å². The van der Waals surface area contributed by atoms with Gasteiger partial charge in [0.2, 0.25) is 11.8 Å². The minimum absolute atomic E-state index is 0.0565. The summed E-state index contributed by atoms with van der Waals surface area (Å²) >= 11 is 7.86. The number of thioether (sulfide) groups is 1. The summed E-state index contributed by atoms with van der Waals surface area (Å²) in [4.78, 5) is 27.2. The first-order valence-electron chi connectivity index (χ1n) is 9.49. The fraction of sp³-hybridized carbons (Fsp3) is 0.364. The van der Waals surface area contributed by atoms with Crippen LogP contribution in [0.15, 0.2) is 54.6 Å². The Bertz CT molecular complexity index is 770. The van der Waals surface area contributed by atoms with E-state index in [1.54, 1.807) is 22.7 Å². The predicted molar refractivity (Wildman–Crippen MR) is 117 cm³/mol. The molecule has 0 fully saturated rings. The zero-order chi connectivity index (χ0) is 20.4. The van der Waals surface area contributed by atoms with Crippen molar-refractivity contribution in [2.45, 2.75) is 38.6 Å². The highest BCUT2D eigenvalue weighted by atomic mass is 35.5. The zero-order valence-corrected chi connectivity index (χ0v) is 17.9. The highest BCUT2D eigenvalue weighted by molar-refractivity contribution is 7.99. The number of hydrogen-bond acceptors (Lipinski definition) is 3. The summed E-state index contributed by atoms with van der Waals surface area (Å²) in [6.07, 6.45) is 0.547. The second kappa shape index (κ2) is 11.8. The molecule has 0 saturated heterocycles. The molecule has 6 heteroatoms. The molecule has 0 aromatic heterocycles. The molecular formula is C22H27ClN2O2S. The molecule has 0 saturated carbocycles. The van der Waals surface area contributed by atoms with Crippen molar-refractivity contribution in [1.29, 1.82) is 0 Å². The van der Waals surface area contributed by atoms with E-state index in [0.29, 0.717) is 30.3 Å². The number of rotatable bonds is 10. The molecule has 1 N–H and O–H groups in total. The number of amides is 2. The number of carbonyl (C=O) groups is 2. The normalized spacial score (nSPS) is 11.7. The van der Waals surface area contributed by atoms with Crippen molar-refractivity contribution >= 4 is 35.2 Å². The Morgan fingerprint density at radius 2 is 1.75 bits per heavy atom. The first-order chi connectivity index (χ1) is 13.6. The van der Waals surface area contributed by atoms with Crippen LogP contribution < -0.4 is 5.32 Å². The van der Waals surface area contributed by atoms with Crippen LogP contribution in [0.2, 0.25) is 5.02 Å². The van der Waals surface area contributed by atoms with Crippen molar-refractivity contribution in [3.8, 4) is 0 Å². The quantitative estimate of drug-likeness (QED) is 0.617. The van der Waals surface area contributed by atoms with Crippen LogP contribution in [0.1, 0.15) is 31.4 Å². The average Bonchev–Trinajstić information content (AvgIpc) is 2.70. The predicted octanol–water partition coefficient (Wildman–Crippen LogP) is 4.52. The van der Waals surface area contributed by atoms with Crippen LogP contribution in [0.4, 0.5) is 0 Å². The highest BCUT2D eigenvalue weighted by Crippen LogP contribution is 2.21. The molecule has 1 unspecified atom stereocenters. The van der Waals surface area contributed by atoms with E-state index in [-0.39, 0.29) is 11.8 Å². The molecule has 0 radical (unpaired) electrons. The van der Waals surface area contributed by atoms with Crippen LogP contribution >= 0.6 is 23.4 Å². The van der Waals surface area contributed by atoms with Gasteiger partial charge in [-0.25, -0.2) is 0 Å². The SMILES string of the molecule is CCNC(=O)C(CC)N(Cc1ccccc1Cl)C(=O)CSCc1ccccc1. The number of carbonyl (C=O) groups excluding carboxylic acids is 2. The number of nitrogens with zero attached hydrogens (tertiary/aromatic N) is 1. The van der Waals surface area contributed by atoms with Crippen LogP contribution in [0.3, 0.4) is 0 Å². The van der Waals surface area contributed by atoms with Gasteiger partial charge in [0.05, 0.1) is 5.75 Å². The Balaban J connectivity index is 2.12. The van der Waals surface area contributed by atoms with E-state index in [0.717, 1.165) is 11.3 Å². The van der Waals surface area contributed by atoms with Crippen molar-refractivity contribution < 1.29 is 9.59 Å². The number of hydrogen-bond donors (Lipinski definition) is 1. The van der Waals surface area contributed by atoms with E-state index < -0.39 is 6.04 Å². The van der Waals surface area contributed by atoms with E-state index in [1.807, 2.05) is 62.4 Å². The standard InChI is InChI=1S/C22H27ClN2O2S/c1-3-20(22(27)24-4-2)25(14-18-12-8-9-13-19(18)23)21(26)16-28-15-17-10-6-5-7-11-17/h5-13,20H,3-4,14-16H2,1-2H3,(H,24,27). The van der Waals surface area contributed by atoms with Gasteiger partial charge in [-0.3, -0.25) is 9.59 Å². The lowest BCUT2D eigenvalue weighted by atomic mass is 10.1. The molecular weight excluding hydrogens is 392 g/mol. The van der Waals surface area contributed by atoms with Crippen LogP contribution in [0.5, 0.6) is 0 Å². The summed E-state index contributed by atoms with van der Waals surface area (Å²) in [5.74, 6) is 0.886. The lowest BCUT2D eigenvalue weighted by Crippen LogP contribution is -2.49. The topological polar surface area (TPSA) is 49.4 Å². The minimum atomic E-state index is -0.513. The second-order valence-electron chi connectivity index (χ2n) is 6.41. The molecule has 2 aromatic rings. The summed E-state index contributed by atoms with van der Waals surface area (Å²) in [6, 6.07) is 17.0. The minimum Gasteiger partial charge on any atom is -0.355 e. The number of benzene rings is 2. The highest BCUT2D eigenvalue weighted by Gasteiger charge is 2.28. The van der Waals surface area contributed by atoms with Crippen LogP contribution in [-0.2, 0) is 21.9 Å². The van der Waals surface area contributed by atoms with Crippen LogP contribution in [0.25, 0.3) is 0 Å². The average molecular weight is 419 g/mol. The van der Waals surface area contributed by atoms with Crippen molar-refractivity contribution in [3.05, 3.63) is 70.7 Å². The summed E-state index contributed by atoms with van der Waals surface area (Å²) in [7, 11) is 0. The molecule has 28 heavy (non-hydrogen) atoms. The maximum atomic E-state index is 13.0. The first kappa shape index (κ1) is 22.3. The van der Waals surface area contributed by atoms with Gasteiger partial charge >= 0.3 is 0 Å². The Morgan fingerprint density at radius 1 is 1.07 bits per heavy atom. The fourth-order valence-electron chi connectivity index (χ4n) is 2.94. The van der Waals surface area contributed by atoms with Crippen molar-refractivity contribution in [1.82, 2.24) is 10.2 Å². The fourth-order valence-corrected chi connectivity index (χ4v) is 4.00.